The third-order valence-corrected chi connectivity index (χ3v) is 4.59. The molecule has 0 amide bonds. The van der Waals surface area contributed by atoms with Crippen LogP contribution in [-0.2, 0) is 4.74 Å². The van der Waals surface area contributed by atoms with Gasteiger partial charge < -0.3 is 10.1 Å². The normalized spacial score (nSPS) is 32.1. The van der Waals surface area contributed by atoms with E-state index in [1.807, 2.05) is 11.8 Å². The highest BCUT2D eigenvalue weighted by Crippen LogP contribution is 2.29. The quantitative estimate of drug-likeness (QED) is 0.802. The van der Waals surface area contributed by atoms with Crippen LogP contribution >= 0.6 is 11.8 Å². The van der Waals surface area contributed by atoms with Crippen LogP contribution in [0.25, 0.3) is 0 Å². The molecule has 1 unspecified atom stereocenters. The fourth-order valence-electron chi connectivity index (χ4n) is 2.00. The first-order valence-electron chi connectivity index (χ1n) is 5.84. The van der Waals surface area contributed by atoms with E-state index in [0.717, 1.165) is 30.6 Å². The van der Waals surface area contributed by atoms with Gasteiger partial charge in [-0.25, -0.2) is 0 Å². The molecule has 2 fully saturated rings. The van der Waals surface area contributed by atoms with Gasteiger partial charge in [0, 0.05) is 17.9 Å². The molecule has 4 heteroatoms. The molecule has 0 radical (unpaired) electrons. The number of amidine groups is 1. The summed E-state index contributed by atoms with van der Waals surface area (Å²) in [6.45, 7) is 6.17. The van der Waals surface area contributed by atoms with E-state index in [9.17, 15) is 0 Å². The average Bonchev–Trinajstić information content (AvgIpc) is 2.89. The Morgan fingerprint density at radius 2 is 2.33 bits per heavy atom. The van der Waals surface area contributed by atoms with E-state index in [0.29, 0.717) is 11.6 Å². The predicted molar refractivity (Wildman–Crippen MR) is 65.6 cm³/mol. The molecule has 2 aliphatic rings. The first kappa shape index (κ1) is 11.3. The summed E-state index contributed by atoms with van der Waals surface area (Å²) >= 11 is 1.87. The second kappa shape index (κ2) is 4.74. The Bertz CT molecular complexity index is 245. The fourth-order valence-corrected chi connectivity index (χ4v) is 3.40. The van der Waals surface area contributed by atoms with Crippen molar-refractivity contribution in [2.24, 2.45) is 4.99 Å². The van der Waals surface area contributed by atoms with E-state index in [1.165, 1.54) is 12.8 Å². The van der Waals surface area contributed by atoms with Crippen LogP contribution in [0.2, 0.25) is 0 Å². The largest absolute Gasteiger partial charge is 0.379 e. The highest BCUT2D eigenvalue weighted by Gasteiger charge is 2.34. The number of ether oxygens (including phenoxy) is 1. The molecule has 1 atom stereocenters. The van der Waals surface area contributed by atoms with Gasteiger partial charge >= 0.3 is 0 Å². The zero-order valence-electron chi connectivity index (χ0n) is 9.58. The summed E-state index contributed by atoms with van der Waals surface area (Å²) in [4.78, 5) is 4.71. The molecule has 0 aliphatic carbocycles. The van der Waals surface area contributed by atoms with Gasteiger partial charge in [0.2, 0.25) is 0 Å². The minimum absolute atomic E-state index is 0.295. The van der Waals surface area contributed by atoms with E-state index in [1.54, 1.807) is 0 Å². The summed E-state index contributed by atoms with van der Waals surface area (Å²) in [5.41, 5.74) is 0.295. The molecule has 15 heavy (non-hydrogen) atoms. The third-order valence-electron chi connectivity index (χ3n) is 3.42. The molecular formula is C11H20N2OS. The number of hydrogen-bond acceptors (Lipinski definition) is 3. The lowest BCUT2D eigenvalue weighted by Crippen LogP contribution is -2.42. The van der Waals surface area contributed by atoms with Crippen LogP contribution in [0.4, 0.5) is 0 Å². The monoisotopic (exact) mass is 228 g/mol. The van der Waals surface area contributed by atoms with Crippen LogP contribution in [0.15, 0.2) is 4.99 Å². The average molecular weight is 228 g/mol. The summed E-state index contributed by atoms with van der Waals surface area (Å²) in [7, 11) is 0. The highest BCUT2D eigenvalue weighted by molar-refractivity contribution is 8.14. The number of nitrogens with zero attached hydrogens (tertiary/aromatic N) is 1. The van der Waals surface area contributed by atoms with Crippen molar-refractivity contribution in [3.63, 3.8) is 0 Å². The maximum Gasteiger partial charge on any atom is 0.157 e. The summed E-state index contributed by atoms with van der Waals surface area (Å²) in [6, 6.07) is 0.393. The van der Waals surface area contributed by atoms with Crippen molar-refractivity contribution in [1.82, 2.24) is 5.32 Å². The van der Waals surface area contributed by atoms with Crippen molar-refractivity contribution in [1.29, 1.82) is 0 Å². The lowest BCUT2D eigenvalue weighted by atomic mass is 9.96. The lowest BCUT2D eigenvalue weighted by molar-refractivity contribution is 0.194. The highest BCUT2D eigenvalue weighted by atomic mass is 32.2. The summed E-state index contributed by atoms with van der Waals surface area (Å²) < 4.78 is 5.33. The molecule has 0 aromatic rings. The zero-order valence-corrected chi connectivity index (χ0v) is 10.4. The molecule has 2 aliphatic heterocycles. The smallest absolute Gasteiger partial charge is 0.157 e. The lowest BCUT2D eigenvalue weighted by Gasteiger charge is -2.25. The van der Waals surface area contributed by atoms with Crippen molar-refractivity contribution >= 4 is 16.9 Å². The fraction of sp³-hybridized carbons (Fsp3) is 0.909. The Morgan fingerprint density at radius 1 is 1.53 bits per heavy atom. The Morgan fingerprint density at radius 3 is 2.87 bits per heavy atom. The summed E-state index contributed by atoms with van der Waals surface area (Å²) in [5.74, 6) is 1.16. The van der Waals surface area contributed by atoms with Gasteiger partial charge in [-0.1, -0.05) is 25.6 Å². The molecule has 0 aromatic carbocycles. The van der Waals surface area contributed by atoms with Gasteiger partial charge in [0.05, 0.1) is 12.6 Å². The second-order valence-corrected chi connectivity index (χ2v) is 5.32. The molecule has 86 valence electrons. The Hall–Kier alpha value is -0.220. The van der Waals surface area contributed by atoms with E-state index in [4.69, 9.17) is 9.73 Å². The topological polar surface area (TPSA) is 33.6 Å². The van der Waals surface area contributed by atoms with Gasteiger partial charge in [0.15, 0.2) is 5.17 Å². The minimum atomic E-state index is 0.295. The zero-order chi connectivity index (χ0) is 10.7. The van der Waals surface area contributed by atoms with Crippen LogP contribution in [0.3, 0.4) is 0 Å². The van der Waals surface area contributed by atoms with Crippen molar-refractivity contribution in [3.8, 4) is 0 Å². The molecule has 2 saturated heterocycles. The molecular weight excluding hydrogens is 208 g/mol. The third kappa shape index (κ3) is 2.48. The van der Waals surface area contributed by atoms with Crippen molar-refractivity contribution in [3.05, 3.63) is 0 Å². The maximum atomic E-state index is 5.33. The van der Waals surface area contributed by atoms with E-state index in [-0.39, 0.29) is 0 Å². The number of nitrogens with one attached hydrogen (secondary N) is 1. The Balaban J connectivity index is 1.96. The standard InChI is InChI=1S/C11H20N2OS/c1-3-11(4-2)8-15-10(13-11)12-9-5-6-14-7-9/h9H,3-8H2,1-2H3,(H,12,13). The minimum Gasteiger partial charge on any atom is -0.379 e. The van der Waals surface area contributed by atoms with Gasteiger partial charge in [0.25, 0.3) is 0 Å². The van der Waals surface area contributed by atoms with Crippen molar-refractivity contribution in [2.45, 2.75) is 44.7 Å². The Kier molecular flexibility index (Phi) is 3.57. The molecule has 0 spiro atoms. The van der Waals surface area contributed by atoms with Gasteiger partial charge in [-0.05, 0) is 19.3 Å². The van der Waals surface area contributed by atoms with E-state index < -0.39 is 0 Å². The molecule has 1 N–H and O–H groups in total. The number of hydrogen-bond donors (Lipinski definition) is 1. The first-order chi connectivity index (χ1) is 7.28. The van der Waals surface area contributed by atoms with Crippen LogP contribution in [0, 0.1) is 0 Å². The summed E-state index contributed by atoms with van der Waals surface area (Å²) in [6.07, 6.45) is 3.43. The SMILES string of the molecule is CCC1(CC)CSC(=NC2CCOC2)N1. The number of rotatable bonds is 3. The molecule has 0 aromatic heterocycles. The van der Waals surface area contributed by atoms with Crippen molar-refractivity contribution < 1.29 is 4.74 Å². The molecule has 0 saturated carbocycles. The predicted octanol–water partition coefficient (Wildman–Crippen LogP) is 2.03. The summed E-state index contributed by atoms with van der Waals surface area (Å²) in [5, 5.41) is 4.72. The molecule has 0 bridgehead atoms. The van der Waals surface area contributed by atoms with Crippen LogP contribution in [0.5, 0.6) is 0 Å². The van der Waals surface area contributed by atoms with E-state index >= 15 is 0 Å². The van der Waals surface area contributed by atoms with Crippen molar-refractivity contribution in [2.75, 3.05) is 19.0 Å². The van der Waals surface area contributed by atoms with E-state index in [2.05, 4.69) is 19.2 Å². The van der Waals surface area contributed by atoms with Gasteiger partial charge in [0.1, 0.15) is 0 Å². The molecule has 3 nitrogen and oxygen atoms in total. The second-order valence-electron chi connectivity index (χ2n) is 4.35. The number of thioether (sulfide) groups is 1. The van der Waals surface area contributed by atoms with Gasteiger partial charge in [-0.15, -0.1) is 0 Å². The van der Waals surface area contributed by atoms with Crippen LogP contribution in [-0.4, -0.2) is 35.7 Å². The Labute approximate surface area is 96.1 Å². The molecule has 2 rings (SSSR count). The molecule has 2 heterocycles. The van der Waals surface area contributed by atoms with Gasteiger partial charge in [-0.3, -0.25) is 4.99 Å². The maximum absolute atomic E-state index is 5.33. The van der Waals surface area contributed by atoms with Gasteiger partial charge in [-0.2, -0.15) is 0 Å². The number of aliphatic imine (C=N–C) groups is 1. The van der Waals surface area contributed by atoms with Crippen LogP contribution < -0.4 is 5.32 Å². The van der Waals surface area contributed by atoms with Crippen LogP contribution in [0.1, 0.15) is 33.1 Å². The first-order valence-corrected chi connectivity index (χ1v) is 6.83.